The Morgan fingerprint density at radius 2 is 2.21 bits per heavy atom. The third-order valence-corrected chi connectivity index (χ3v) is 2.45. The first-order chi connectivity index (χ1) is 6.63. The second-order valence-corrected chi connectivity index (χ2v) is 4.06. The van der Waals surface area contributed by atoms with Crippen LogP contribution in [0.25, 0.3) is 0 Å². The fourth-order valence-corrected chi connectivity index (χ4v) is 1.74. The smallest absolute Gasteiger partial charge is 0.307 e. The molecular formula is C10H8INO2. The molecule has 0 saturated carbocycles. The van der Waals surface area contributed by atoms with E-state index in [0.717, 1.165) is 14.7 Å². The van der Waals surface area contributed by atoms with E-state index in [1.54, 1.807) is 6.07 Å². The summed E-state index contributed by atoms with van der Waals surface area (Å²) in [5.41, 5.74) is 1.53. The molecular weight excluding hydrogens is 293 g/mol. The topological polar surface area (TPSA) is 61.1 Å². The Hall–Kier alpha value is -1.09. The molecule has 72 valence electrons. The van der Waals surface area contributed by atoms with Gasteiger partial charge in [0, 0.05) is 3.57 Å². The number of carboxylic acid groups (broad SMARTS) is 1. The summed E-state index contributed by atoms with van der Waals surface area (Å²) in [7, 11) is 0. The number of benzene rings is 1. The summed E-state index contributed by atoms with van der Waals surface area (Å²) in [4.78, 5) is 10.6. The third kappa shape index (κ3) is 3.00. The highest BCUT2D eigenvalue weighted by molar-refractivity contribution is 14.1. The van der Waals surface area contributed by atoms with E-state index in [1.807, 2.05) is 18.2 Å². The summed E-state index contributed by atoms with van der Waals surface area (Å²) < 4.78 is 0.987. The van der Waals surface area contributed by atoms with E-state index in [2.05, 4.69) is 22.6 Å². The van der Waals surface area contributed by atoms with Crippen LogP contribution in [0.15, 0.2) is 18.2 Å². The quantitative estimate of drug-likeness (QED) is 0.868. The number of nitrogens with zero attached hydrogens (tertiary/aromatic N) is 1. The maximum absolute atomic E-state index is 10.6. The lowest BCUT2D eigenvalue weighted by Crippen LogP contribution is -2.03. The number of carboxylic acids is 1. The molecule has 1 aromatic rings. The minimum Gasteiger partial charge on any atom is -0.481 e. The normalized spacial score (nSPS) is 9.43. The SMILES string of the molecule is N#CCc1ccc(I)cc1CC(=O)O. The molecule has 0 aliphatic rings. The van der Waals surface area contributed by atoms with E-state index < -0.39 is 5.97 Å². The van der Waals surface area contributed by atoms with E-state index in [0.29, 0.717) is 0 Å². The molecule has 0 bridgehead atoms. The summed E-state index contributed by atoms with van der Waals surface area (Å²) in [5.74, 6) is -0.869. The first-order valence-corrected chi connectivity index (χ1v) is 5.07. The molecule has 3 nitrogen and oxygen atoms in total. The van der Waals surface area contributed by atoms with Crippen LogP contribution in [0.1, 0.15) is 11.1 Å². The van der Waals surface area contributed by atoms with Gasteiger partial charge in [-0.2, -0.15) is 5.26 Å². The number of halogens is 1. The van der Waals surface area contributed by atoms with Crippen LogP contribution >= 0.6 is 22.6 Å². The molecule has 0 aliphatic heterocycles. The van der Waals surface area contributed by atoms with Crippen molar-refractivity contribution in [3.63, 3.8) is 0 Å². The van der Waals surface area contributed by atoms with Crippen molar-refractivity contribution in [1.82, 2.24) is 0 Å². The van der Waals surface area contributed by atoms with Crippen LogP contribution in [0.2, 0.25) is 0 Å². The van der Waals surface area contributed by atoms with Crippen molar-refractivity contribution in [3.05, 3.63) is 32.9 Å². The van der Waals surface area contributed by atoms with E-state index >= 15 is 0 Å². The van der Waals surface area contributed by atoms with Crippen LogP contribution in [0, 0.1) is 14.9 Å². The van der Waals surface area contributed by atoms with Gasteiger partial charge in [-0.25, -0.2) is 0 Å². The molecule has 1 rings (SSSR count). The van der Waals surface area contributed by atoms with Crippen molar-refractivity contribution in [2.75, 3.05) is 0 Å². The molecule has 0 radical (unpaired) electrons. The highest BCUT2D eigenvalue weighted by Crippen LogP contribution is 2.15. The lowest BCUT2D eigenvalue weighted by Gasteiger charge is -2.04. The molecule has 0 heterocycles. The predicted octanol–water partition coefficient (Wildman–Crippen LogP) is 1.98. The van der Waals surface area contributed by atoms with Gasteiger partial charge in [-0.15, -0.1) is 0 Å². The van der Waals surface area contributed by atoms with Crippen molar-refractivity contribution in [2.24, 2.45) is 0 Å². The summed E-state index contributed by atoms with van der Waals surface area (Å²) in [6.07, 6.45) is 0.243. The fraction of sp³-hybridized carbons (Fsp3) is 0.200. The molecule has 4 heteroatoms. The maximum Gasteiger partial charge on any atom is 0.307 e. The van der Waals surface area contributed by atoms with Gasteiger partial charge in [0.05, 0.1) is 18.9 Å². The minimum atomic E-state index is -0.869. The minimum absolute atomic E-state index is 0.0200. The number of carbonyl (C=O) groups is 1. The van der Waals surface area contributed by atoms with Gasteiger partial charge in [0.15, 0.2) is 0 Å². The molecule has 0 aliphatic carbocycles. The van der Waals surface area contributed by atoms with Crippen molar-refractivity contribution >= 4 is 28.6 Å². The van der Waals surface area contributed by atoms with Crippen LogP contribution in [0.4, 0.5) is 0 Å². The number of aliphatic carboxylic acids is 1. The van der Waals surface area contributed by atoms with E-state index in [9.17, 15) is 4.79 Å². The number of nitriles is 1. The Morgan fingerprint density at radius 1 is 1.50 bits per heavy atom. The Bertz CT molecular complexity index is 396. The van der Waals surface area contributed by atoms with E-state index in [4.69, 9.17) is 10.4 Å². The summed E-state index contributed by atoms with van der Waals surface area (Å²) in [5, 5.41) is 17.2. The molecule has 1 aromatic carbocycles. The Morgan fingerprint density at radius 3 is 2.79 bits per heavy atom. The van der Waals surface area contributed by atoms with E-state index in [-0.39, 0.29) is 12.8 Å². The van der Waals surface area contributed by atoms with Crippen molar-refractivity contribution in [2.45, 2.75) is 12.8 Å². The zero-order chi connectivity index (χ0) is 10.6. The van der Waals surface area contributed by atoms with Crippen LogP contribution in [0.3, 0.4) is 0 Å². The molecule has 0 saturated heterocycles. The van der Waals surface area contributed by atoms with Gasteiger partial charge >= 0.3 is 5.97 Å². The number of rotatable bonds is 3. The second-order valence-electron chi connectivity index (χ2n) is 2.82. The van der Waals surface area contributed by atoms with Gasteiger partial charge in [0.2, 0.25) is 0 Å². The highest BCUT2D eigenvalue weighted by Gasteiger charge is 2.06. The van der Waals surface area contributed by atoms with Gasteiger partial charge < -0.3 is 5.11 Å². The molecule has 0 spiro atoms. The van der Waals surface area contributed by atoms with Gasteiger partial charge in [-0.05, 0) is 45.9 Å². The van der Waals surface area contributed by atoms with Crippen molar-refractivity contribution in [1.29, 1.82) is 5.26 Å². The average Bonchev–Trinajstić information content (AvgIpc) is 2.09. The summed E-state index contributed by atoms with van der Waals surface area (Å²) in [6.45, 7) is 0. The third-order valence-electron chi connectivity index (χ3n) is 1.78. The molecule has 1 N–H and O–H groups in total. The lowest BCUT2D eigenvalue weighted by molar-refractivity contribution is -0.136. The van der Waals surface area contributed by atoms with Crippen LogP contribution in [-0.2, 0) is 17.6 Å². The van der Waals surface area contributed by atoms with Gasteiger partial charge in [-0.1, -0.05) is 6.07 Å². The Balaban J connectivity index is 3.03. The summed E-state index contributed by atoms with van der Waals surface area (Å²) >= 11 is 2.12. The molecule has 0 amide bonds. The Labute approximate surface area is 95.5 Å². The molecule has 0 atom stereocenters. The zero-order valence-corrected chi connectivity index (χ0v) is 9.48. The number of hydrogen-bond donors (Lipinski definition) is 1. The van der Waals surface area contributed by atoms with Crippen LogP contribution < -0.4 is 0 Å². The lowest BCUT2D eigenvalue weighted by atomic mass is 10.0. The molecule has 14 heavy (non-hydrogen) atoms. The van der Waals surface area contributed by atoms with Crippen molar-refractivity contribution < 1.29 is 9.90 Å². The molecule has 0 aromatic heterocycles. The standard InChI is InChI=1S/C10H8INO2/c11-9-2-1-7(3-4-12)8(5-9)6-10(13)14/h1-2,5H,3,6H2,(H,13,14). The monoisotopic (exact) mass is 301 g/mol. The van der Waals surface area contributed by atoms with Gasteiger partial charge in [0.1, 0.15) is 0 Å². The molecule has 0 fully saturated rings. The zero-order valence-electron chi connectivity index (χ0n) is 7.33. The Kier molecular flexibility index (Phi) is 3.89. The predicted molar refractivity (Wildman–Crippen MR) is 59.8 cm³/mol. The van der Waals surface area contributed by atoms with E-state index in [1.165, 1.54) is 0 Å². The molecule has 0 unspecified atom stereocenters. The van der Waals surface area contributed by atoms with Gasteiger partial charge in [-0.3, -0.25) is 4.79 Å². The van der Waals surface area contributed by atoms with Crippen molar-refractivity contribution in [3.8, 4) is 6.07 Å². The highest BCUT2D eigenvalue weighted by atomic mass is 127. The van der Waals surface area contributed by atoms with Crippen LogP contribution in [-0.4, -0.2) is 11.1 Å². The largest absolute Gasteiger partial charge is 0.481 e. The maximum atomic E-state index is 10.6. The fourth-order valence-electron chi connectivity index (χ4n) is 1.18. The first kappa shape index (κ1) is 11.0. The first-order valence-electron chi connectivity index (χ1n) is 3.99. The second kappa shape index (κ2) is 4.96. The van der Waals surface area contributed by atoms with Gasteiger partial charge in [0.25, 0.3) is 0 Å². The summed E-state index contributed by atoms with van der Waals surface area (Å²) in [6, 6.07) is 7.51. The average molecular weight is 301 g/mol. The number of hydrogen-bond acceptors (Lipinski definition) is 2. The van der Waals surface area contributed by atoms with Crippen LogP contribution in [0.5, 0.6) is 0 Å².